The van der Waals surface area contributed by atoms with E-state index in [1.165, 1.54) is 12.1 Å². The van der Waals surface area contributed by atoms with E-state index >= 15 is 0 Å². The van der Waals surface area contributed by atoms with E-state index in [0.717, 1.165) is 0 Å². The third kappa shape index (κ3) is 0.482. The summed E-state index contributed by atoms with van der Waals surface area (Å²) in [6, 6.07) is 0. The van der Waals surface area contributed by atoms with Gasteiger partial charge in [-0.25, -0.2) is 0 Å². The van der Waals surface area contributed by atoms with Crippen LogP contribution in [0, 0.1) is 10.8 Å². The first-order valence-corrected chi connectivity index (χ1v) is 4.39. The van der Waals surface area contributed by atoms with E-state index < -0.39 is 0 Å². The minimum absolute atomic E-state index is 0.274. The van der Waals surface area contributed by atoms with Crippen molar-refractivity contribution in [2.45, 2.75) is 13.3 Å². The largest absolute Gasteiger partial charge is 0.265 e. The summed E-state index contributed by atoms with van der Waals surface area (Å²) in [6.07, 6.45) is 14.3. The fourth-order valence-corrected chi connectivity index (χ4v) is 2.53. The van der Waals surface area contributed by atoms with Crippen LogP contribution in [0.5, 0.6) is 0 Å². The van der Waals surface area contributed by atoms with Crippen LogP contribution < -0.4 is 0 Å². The van der Waals surface area contributed by atoms with Crippen LogP contribution in [0.2, 0.25) is 0 Å². The summed E-state index contributed by atoms with van der Waals surface area (Å²) in [4.78, 5) is 4.37. The van der Waals surface area contributed by atoms with E-state index in [-0.39, 0.29) is 5.41 Å². The van der Waals surface area contributed by atoms with Gasteiger partial charge in [-0.15, -0.1) is 0 Å². The van der Waals surface area contributed by atoms with E-state index in [4.69, 9.17) is 0 Å². The van der Waals surface area contributed by atoms with E-state index in [1.54, 1.807) is 0 Å². The molecule has 0 radical (unpaired) electrons. The van der Waals surface area contributed by atoms with Crippen LogP contribution in [0.4, 0.5) is 0 Å². The maximum absolute atomic E-state index is 4.37. The molecule has 3 rings (SSSR count). The van der Waals surface area contributed by atoms with Crippen LogP contribution in [0.1, 0.15) is 13.3 Å². The van der Waals surface area contributed by atoms with Crippen molar-refractivity contribution in [3.8, 4) is 0 Å². The van der Waals surface area contributed by atoms with Crippen molar-refractivity contribution in [3.63, 3.8) is 0 Å². The number of hydrogen-bond acceptors (Lipinski definition) is 1. The first-order valence-electron chi connectivity index (χ1n) is 4.39. The summed E-state index contributed by atoms with van der Waals surface area (Å²) in [7, 11) is 0. The molecule has 2 atom stereocenters. The van der Waals surface area contributed by atoms with Gasteiger partial charge in [0.15, 0.2) is 0 Å². The first kappa shape index (κ1) is 6.41. The molecule has 0 aromatic heterocycles. The molecule has 1 nitrogen and oxygen atoms in total. The summed E-state index contributed by atoms with van der Waals surface area (Å²) in [6.45, 7) is 2.13. The Labute approximate surface area is 72.2 Å². The fourth-order valence-electron chi connectivity index (χ4n) is 2.53. The Kier molecular flexibility index (Phi) is 0.871. The monoisotopic (exact) mass is 157 g/mol. The highest BCUT2D eigenvalue weighted by atomic mass is 14.8. The van der Waals surface area contributed by atoms with E-state index in [1.807, 2.05) is 6.20 Å². The van der Waals surface area contributed by atoms with Gasteiger partial charge in [0.1, 0.15) is 0 Å². The number of hydrogen-bond donors (Lipinski definition) is 0. The molecule has 1 saturated carbocycles. The van der Waals surface area contributed by atoms with Crippen LogP contribution in [0.3, 0.4) is 0 Å². The SMILES string of the molecule is CC1=NC=CC23C=CC=CC12C3. The zero-order valence-corrected chi connectivity index (χ0v) is 7.12. The molecule has 12 heavy (non-hydrogen) atoms. The lowest BCUT2D eigenvalue weighted by Crippen LogP contribution is -2.20. The molecule has 0 spiro atoms. The highest BCUT2D eigenvalue weighted by Crippen LogP contribution is 2.69. The molecular formula is C11H11N. The number of aliphatic imine (C=N–C) groups is 1. The molecule has 0 saturated heterocycles. The molecule has 60 valence electrons. The summed E-state index contributed by atoms with van der Waals surface area (Å²) in [5.74, 6) is 0. The van der Waals surface area contributed by atoms with E-state index in [0.29, 0.717) is 5.41 Å². The lowest BCUT2D eigenvalue weighted by Gasteiger charge is -2.22. The summed E-state index contributed by atoms with van der Waals surface area (Å²) >= 11 is 0. The Morgan fingerprint density at radius 3 is 2.92 bits per heavy atom. The van der Waals surface area contributed by atoms with E-state index in [9.17, 15) is 0 Å². The Morgan fingerprint density at radius 2 is 2.08 bits per heavy atom. The van der Waals surface area contributed by atoms with Gasteiger partial charge in [-0.1, -0.05) is 30.4 Å². The van der Waals surface area contributed by atoms with Crippen LogP contribution in [0.15, 0.2) is 41.6 Å². The molecule has 2 unspecified atom stereocenters. The summed E-state index contributed by atoms with van der Waals surface area (Å²) < 4.78 is 0. The van der Waals surface area contributed by atoms with Crippen LogP contribution in [0.25, 0.3) is 0 Å². The summed E-state index contributed by atoms with van der Waals surface area (Å²) in [5.41, 5.74) is 1.86. The average molecular weight is 157 g/mol. The molecule has 3 aliphatic rings. The smallest absolute Gasteiger partial charge is 0.0404 e. The highest BCUT2D eigenvalue weighted by molar-refractivity contribution is 5.97. The van der Waals surface area contributed by atoms with Crippen LogP contribution in [-0.4, -0.2) is 5.71 Å². The standard InChI is InChI=1S/C11H11N/c1-9-11-5-3-2-4-10(11,8-11)6-7-12-9/h2-7H,8H2,1H3. The predicted molar refractivity (Wildman–Crippen MR) is 50.0 cm³/mol. The van der Waals surface area contributed by atoms with Gasteiger partial charge in [0.2, 0.25) is 0 Å². The molecule has 1 fully saturated rings. The fraction of sp³-hybridized carbons (Fsp3) is 0.364. The lowest BCUT2D eigenvalue weighted by atomic mass is 9.84. The third-order valence-corrected chi connectivity index (χ3v) is 3.45. The van der Waals surface area contributed by atoms with E-state index in [2.05, 4.69) is 42.3 Å². The van der Waals surface area contributed by atoms with Gasteiger partial charge in [0, 0.05) is 22.7 Å². The second-order valence-corrected chi connectivity index (χ2v) is 3.94. The zero-order valence-electron chi connectivity index (χ0n) is 7.12. The summed E-state index contributed by atoms with van der Waals surface area (Å²) in [5, 5.41) is 0. The van der Waals surface area contributed by atoms with Gasteiger partial charge in [0.05, 0.1) is 0 Å². The Balaban J connectivity index is 2.21. The average Bonchev–Trinajstić information content (AvgIpc) is 2.75. The van der Waals surface area contributed by atoms with Crippen molar-refractivity contribution < 1.29 is 0 Å². The molecular weight excluding hydrogens is 146 g/mol. The third-order valence-electron chi connectivity index (χ3n) is 3.45. The Bertz CT molecular complexity index is 359. The van der Waals surface area contributed by atoms with Crippen molar-refractivity contribution in [3.05, 3.63) is 36.6 Å². The van der Waals surface area contributed by atoms with Crippen molar-refractivity contribution >= 4 is 5.71 Å². The molecule has 0 N–H and O–H groups in total. The normalized spacial score (nSPS) is 46.6. The second kappa shape index (κ2) is 1.63. The van der Waals surface area contributed by atoms with Gasteiger partial charge >= 0.3 is 0 Å². The molecule has 1 aliphatic heterocycles. The Morgan fingerprint density at radius 1 is 1.25 bits per heavy atom. The molecule has 2 aliphatic carbocycles. The van der Waals surface area contributed by atoms with Crippen LogP contribution >= 0.6 is 0 Å². The molecule has 0 bridgehead atoms. The van der Waals surface area contributed by atoms with Gasteiger partial charge < -0.3 is 0 Å². The Hall–Kier alpha value is -1.11. The van der Waals surface area contributed by atoms with Gasteiger partial charge in [-0.2, -0.15) is 0 Å². The maximum atomic E-state index is 4.37. The molecule has 0 aromatic rings. The maximum Gasteiger partial charge on any atom is 0.0404 e. The zero-order chi connectivity index (χ0) is 8.23. The molecule has 1 heteroatoms. The number of rotatable bonds is 0. The van der Waals surface area contributed by atoms with Gasteiger partial charge in [-0.05, 0) is 13.3 Å². The number of allylic oxidation sites excluding steroid dienone is 5. The lowest BCUT2D eigenvalue weighted by molar-refractivity contribution is 0.687. The van der Waals surface area contributed by atoms with Crippen molar-refractivity contribution in [2.75, 3.05) is 0 Å². The van der Waals surface area contributed by atoms with Crippen molar-refractivity contribution in [2.24, 2.45) is 15.8 Å². The topological polar surface area (TPSA) is 12.4 Å². The predicted octanol–water partition coefficient (Wildman–Crippen LogP) is 2.48. The van der Waals surface area contributed by atoms with Gasteiger partial charge in [0.25, 0.3) is 0 Å². The second-order valence-electron chi connectivity index (χ2n) is 3.94. The minimum Gasteiger partial charge on any atom is -0.265 e. The minimum atomic E-state index is 0.274. The molecule has 1 heterocycles. The van der Waals surface area contributed by atoms with Gasteiger partial charge in [-0.3, -0.25) is 4.99 Å². The molecule has 0 amide bonds. The van der Waals surface area contributed by atoms with Crippen molar-refractivity contribution in [1.82, 2.24) is 0 Å². The first-order chi connectivity index (χ1) is 5.79. The number of nitrogens with zero attached hydrogens (tertiary/aromatic N) is 1. The van der Waals surface area contributed by atoms with Crippen LogP contribution in [-0.2, 0) is 0 Å². The molecule has 0 aromatic carbocycles. The van der Waals surface area contributed by atoms with Crippen molar-refractivity contribution in [1.29, 1.82) is 0 Å². The highest BCUT2D eigenvalue weighted by Gasteiger charge is 2.66. The quantitative estimate of drug-likeness (QED) is 0.512.